The van der Waals surface area contributed by atoms with Gasteiger partial charge in [-0.1, -0.05) is 44.2 Å². The smallest absolute Gasteiger partial charge is 0.264 e. The van der Waals surface area contributed by atoms with E-state index >= 15 is 0 Å². The maximum absolute atomic E-state index is 14.0. The van der Waals surface area contributed by atoms with Gasteiger partial charge in [0.15, 0.2) is 0 Å². The molecule has 0 aliphatic carbocycles. The van der Waals surface area contributed by atoms with Crippen LogP contribution in [-0.4, -0.2) is 39.3 Å². The number of rotatable bonds is 11. The summed E-state index contributed by atoms with van der Waals surface area (Å²) in [7, 11) is -4.09. The molecule has 4 rings (SSSR count). The Morgan fingerprint density at radius 3 is 2.36 bits per heavy atom. The highest BCUT2D eigenvalue weighted by Gasteiger charge is 2.39. The first-order valence-corrected chi connectivity index (χ1v) is 15.9. The lowest BCUT2D eigenvalue weighted by Crippen LogP contribution is -2.47. The van der Waals surface area contributed by atoms with Crippen molar-refractivity contribution in [2.75, 3.05) is 23.7 Å². The van der Waals surface area contributed by atoms with Gasteiger partial charge in [-0.3, -0.25) is 9.10 Å². The number of benzene rings is 3. The third-order valence-electron chi connectivity index (χ3n) is 7.19. The third kappa shape index (κ3) is 6.20. The van der Waals surface area contributed by atoms with Gasteiger partial charge in [0.05, 0.1) is 23.2 Å². The molecule has 0 radical (unpaired) electrons. The summed E-state index contributed by atoms with van der Waals surface area (Å²) in [5, 5.41) is 3.12. The number of hydrogen-bond acceptors (Lipinski definition) is 6. The average Bonchev–Trinajstić information content (AvgIpc) is 2.96. The van der Waals surface area contributed by atoms with E-state index in [4.69, 9.17) is 9.47 Å². The molecule has 0 spiro atoms. The monoisotopic (exact) mass is 568 g/mol. The van der Waals surface area contributed by atoms with E-state index in [0.717, 1.165) is 33.4 Å². The average molecular weight is 569 g/mol. The molecule has 3 aromatic carbocycles. The summed E-state index contributed by atoms with van der Waals surface area (Å²) in [4.78, 5) is 14.7. The number of thioether (sulfide) groups is 1. The quantitative estimate of drug-likeness (QED) is 0.277. The van der Waals surface area contributed by atoms with Crippen LogP contribution in [0.1, 0.15) is 51.6 Å². The Morgan fingerprint density at radius 2 is 1.69 bits per heavy atom. The Labute approximate surface area is 236 Å². The van der Waals surface area contributed by atoms with Crippen molar-refractivity contribution in [1.82, 2.24) is 5.32 Å². The zero-order chi connectivity index (χ0) is 28.0. The SMILES string of the molecule is CCOc1ccccc1N(CC(=O)N[C@@H]1CC(CC)(CC)Oc2ccccc21)S(=O)(=O)c1ccc(SC)cc1. The molecule has 1 N–H and O–H groups in total. The second kappa shape index (κ2) is 12.3. The van der Waals surface area contributed by atoms with E-state index in [1.165, 1.54) is 11.8 Å². The van der Waals surface area contributed by atoms with Crippen LogP contribution >= 0.6 is 11.8 Å². The van der Waals surface area contributed by atoms with Crippen molar-refractivity contribution in [3.8, 4) is 11.5 Å². The molecule has 1 aliphatic rings. The summed E-state index contributed by atoms with van der Waals surface area (Å²) in [5.41, 5.74) is 0.797. The zero-order valence-electron chi connectivity index (χ0n) is 22.8. The molecule has 1 heterocycles. The minimum atomic E-state index is -4.09. The molecule has 1 amide bonds. The lowest BCUT2D eigenvalue weighted by molar-refractivity contribution is -0.121. The molecule has 0 aromatic heterocycles. The van der Waals surface area contributed by atoms with Crippen molar-refractivity contribution < 1.29 is 22.7 Å². The van der Waals surface area contributed by atoms with Crippen LogP contribution < -0.4 is 19.1 Å². The lowest BCUT2D eigenvalue weighted by atomic mass is 9.83. The van der Waals surface area contributed by atoms with Crippen molar-refractivity contribution in [3.63, 3.8) is 0 Å². The first-order chi connectivity index (χ1) is 18.8. The van der Waals surface area contributed by atoms with E-state index in [2.05, 4.69) is 19.2 Å². The summed E-state index contributed by atoms with van der Waals surface area (Å²) in [5.74, 6) is 0.732. The highest BCUT2D eigenvalue weighted by atomic mass is 32.2. The van der Waals surface area contributed by atoms with Gasteiger partial charge in [0.25, 0.3) is 10.0 Å². The van der Waals surface area contributed by atoms with E-state index in [1.54, 1.807) is 48.5 Å². The van der Waals surface area contributed by atoms with Crippen molar-refractivity contribution >= 4 is 33.4 Å². The summed E-state index contributed by atoms with van der Waals surface area (Å²) in [6.07, 6.45) is 4.11. The largest absolute Gasteiger partial charge is 0.492 e. The number of nitrogens with one attached hydrogen (secondary N) is 1. The van der Waals surface area contributed by atoms with Gasteiger partial charge >= 0.3 is 0 Å². The van der Waals surface area contributed by atoms with Crippen LogP contribution in [0.5, 0.6) is 11.5 Å². The molecule has 208 valence electrons. The van der Waals surface area contributed by atoms with E-state index in [-0.39, 0.29) is 10.9 Å². The fraction of sp³-hybridized carbons (Fsp3) is 0.367. The molecule has 39 heavy (non-hydrogen) atoms. The fourth-order valence-corrected chi connectivity index (χ4v) is 6.76. The predicted molar refractivity (Wildman–Crippen MR) is 156 cm³/mol. The maximum atomic E-state index is 14.0. The maximum Gasteiger partial charge on any atom is 0.264 e. The molecular weight excluding hydrogens is 532 g/mol. The first kappa shape index (κ1) is 28.8. The number of ether oxygens (including phenoxy) is 2. The number of sulfonamides is 1. The van der Waals surface area contributed by atoms with Crippen molar-refractivity contribution in [2.45, 2.75) is 61.5 Å². The highest BCUT2D eigenvalue weighted by Crippen LogP contribution is 2.42. The minimum Gasteiger partial charge on any atom is -0.492 e. The van der Waals surface area contributed by atoms with E-state index in [1.807, 2.05) is 37.4 Å². The van der Waals surface area contributed by atoms with E-state index < -0.39 is 28.1 Å². The summed E-state index contributed by atoms with van der Waals surface area (Å²) in [6.45, 7) is 5.95. The zero-order valence-corrected chi connectivity index (χ0v) is 24.5. The molecule has 0 saturated heterocycles. The Balaban J connectivity index is 1.69. The Bertz CT molecular complexity index is 1390. The van der Waals surface area contributed by atoms with Gasteiger partial charge in [0.1, 0.15) is 23.6 Å². The number of para-hydroxylation sites is 3. The first-order valence-electron chi connectivity index (χ1n) is 13.2. The van der Waals surface area contributed by atoms with Gasteiger partial charge in [-0.25, -0.2) is 8.42 Å². The Kier molecular flexibility index (Phi) is 9.12. The summed E-state index contributed by atoms with van der Waals surface area (Å²) < 4.78 is 41.2. The highest BCUT2D eigenvalue weighted by molar-refractivity contribution is 7.98. The molecule has 9 heteroatoms. The number of carbonyl (C=O) groups is 1. The van der Waals surface area contributed by atoms with Gasteiger partial charge in [-0.15, -0.1) is 11.8 Å². The summed E-state index contributed by atoms with van der Waals surface area (Å²) >= 11 is 1.53. The normalized spacial score (nSPS) is 16.1. The molecule has 1 atom stereocenters. The third-order valence-corrected chi connectivity index (χ3v) is 9.71. The van der Waals surface area contributed by atoms with Gasteiger partial charge in [0, 0.05) is 16.9 Å². The van der Waals surface area contributed by atoms with Crippen LogP contribution in [0.3, 0.4) is 0 Å². The van der Waals surface area contributed by atoms with Crippen molar-refractivity contribution in [3.05, 3.63) is 78.4 Å². The van der Waals surface area contributed by atoms with Crippen LogP contribution in [-0.2, 0) is 14.8 Å². The van der Waals surface area contributed by atoms with Crippen molar-refractivity contribution in [2.24, 2.45) is 0 Å². The molecule has 1 aliphatic heterocycles. The Morgan fingerprint density at radius 1 is 1.03 bits per heavy atom. The number of hydrogen-bond donors (Lipinski definition) is 1. The predicted octanol–water partition coefficient (Wildman–Crippen LogP) is 6.20. The summed E-state index contributed by atoms with van der Waals surface area (Å²) in [6, 6.07) is 20.9. The number of fused-ring (bicyclic) bond motifs is 1. The number of amides is 1. The fourth-order valence-electron chi connectivity index (χ4n) is 4.92. The molecule has 0 unspecified atom stereocenters. The van der Waals surface area contributed by atoms with Gasteiger partial charge < -0.3 is 14.8 Å². The van der Waals surface area contributed by atoms with E-state index in [9.17, 15) is 13.2 Å². The standard InChI is InChI=1S/C30H36N2O5S2/c1-5-30(6-2)20-25(24-12-8-10-14-27(24)37-30)31-29(33)21-32(26-13-9-11-15-28(26)36-7-3)39(34,35)23-18-16-22(38-4)17-19-23/h8-19,25H,5-7,20-21H2,1-4H3,(H,31,33)/t25-/m1/s1. The van der Waals surface area contributed by atoms with Gasteiger partial charge in [-0.05, 0) is 68.5 Å². The number of nitrogens with zero attached hydrogens (tertiary/aromatic N) is 1. The number of anilines is 1. The molecule has 7 nitrogen and oxygen atoms in total. The van der Waals surface area contributed by atoms with E-state index in [0.29, 0.717) is 24.5 Å². The van der Waals surface area contributed by atoms with Crippen LogP contribution in [0.2, 0.25) is 0 Å². The second-order valence-corrected chi connectivity index (χ2v) is 12.2. The topological polar surface area (TPSA) is 84.9 Å². The molecule has 0 fully saturated rings. The van der Waals surface area contributed by atoms with Crippen molar-refractivity contribution in [1.29, 1.82) is 0 Å². The molecule has 3 aromatic rings. The lowest BCUT2D eigenvalue weighted by Gasteiger charge is -2.41. The van der Waals surface area contributed by atoms with Crippen LogP contribution in [0.15, 0.2) is 82.6 Å². The van der Waals surface area contributed by atoms with Crippen LogP contribution in [0.25, 0.3) is 0 Å². The number of carbonyl (C=O) groups excluding carboxylic acids is 1. The molecule has 0 bridgehead atoms. The van der Waals surface area contributed by atoms with Crippen LogP contribution in [0, 0.1) is 0 Å². The Hall–Kier alpha value is -3.17. The van der Waals surface area contributed by atoms with Gasteiger partial charge in [0.2, 0.25) is 5.91 Å². The molecular formula is C30H36N2O5S2. The van der Waals surface area contributed by atoms with Crippen LogP contribution in [0.4, 0.5) is 5.69 Å². The second-order valence-electron chi connectivity index (χ2n) is 9.44. The minimum absolute atomic E-state index is 0.104. The van der Waals surface area contributed by atoms with Gasteiger partial charge in [-0.2, -0.15) is 0 Å². The molecule has 0 saturated carbocycles.